The summed E-state index contributed by atoms with van der Waals surface area (Å²) in [5.74, 6) is -0.236. The summed E-state index contributed by atoms with van der Waals surface area (Å²) in [5, 5.41) is 0.720. The Kier molecular flexibility index (Phi) is 7.10. The monoisotopic (exact) mass is 502 g/mol. The first-order valence-electron chi connectivity index (χ1n) is 10.6. The maximum atomic E-state index is 13.5. The van der Waals surface area contributed by atoms with Crippen LogP contribution in [-0.2, 0) is 34.3 Å². The number of rotatable bonds is 6. The lowest BCUT2D eigenvalue weighted by atomic mass is 10.00. The number of benzene rings is 3. The van der Waals surface area contributed by atoms with E-state index in [2.05, 4.69) is 6.07 Å². The number of aryl methyl sites for hydroxylation is 1. The summed E-state index contributed by atoms with van der Waals surface area (Å²) >= 11 is 12.2. The average molecular weight is 503 g/mol. The quantitative estimate of drug-likeness (QED) is 0.472. The fraction of sp³-hybridized carbons (Fsp3) is 0.240. The van der Waals surface area contributed by atoms with E-state index in [1.54, 1.807) is 47.4 Å². The van der Waals surface area contributed by atoms with Crippen LogP contribution in [0.1, 0.15) is 22.3 Å². The van der Waals surface area contributed by atoms with Crippen molar-refractivity contribution in [3.05, 3.63) is 99.0 Å². The molecule has 1 heterocycles. The lowest BCUT2D eigenvalue weighted by Gasteiger charge is -2.31. The molecule has 0 aliphatic carbocycles. The number of halogens is 2. The van der Waals surface area contributed by atoms with Gasteiger partial charge in [-0.15, -0.1) is 0 Å². The molecular weight excluding hydrogens is 479 g/mol. The van der Waals surface area contributed by atoms with Gasteiger partial charge in [0, 0.05) is 19.6 Å². The van der Waals surface area contributed by atoms with Crippen molar-refractivity contribution in [2.24, 2.45) is 0 Å². The molecule has 172 valence electrons. The van der Waals surface area contributed by atoms with Crippen LogP contribution < -0.4 is 0 Å². The largest absolute Gasteiger partial charge is 0.337 e. The van der Waals surface area contributed by atoms with E-state index in [4.69, 9.17) is 23.2 Å². The predicted molar refractivity (Wildman–Crippen MR) is 131 cm³/mol. The third kappa shape index (κ3) is 5.41. The number of nitrogens with zero attached hydrogens (tertiary/aromatic N) is 2. The molecule has 1 aliphatic rings. The van der Waals surface area contributed by atoms with Gasteiger partial charge in [-0.05, 0) is 54.3 Å². The highest BCUT2D eigenvalue weighted by Gasteiger charge is 2.30. The second-order valence-corrected chi connectivity index (χ2v) is 10.9. The smallest absolute Gasteiger partial charge is 0.243 e. The zero-order valence-corrected chi connectivity index (χ0v) is 20.5. The lowest BCUT2D eigenvalue weighted by molar-refractivity contribution is -0.132. The molecule has 3 aromatic carbocycles. The molecule has 33 heavy (non-hydrogen) atoms. The fourth-order valence-electron chi connectivity index (χ4n) is 3.89. The first-order chi connectivity index (χ1) is 15.7. The summed E-state index contributed by atoms with van der Waals surface area (Å²) in [6.45, 7) is 2.66. The molecule has 1 amide bonds. The molecular formula is C25H24Cl2N2O3S. The van der Waals surface area contributed by atoms with Gasteiger partial charge >= 0.3 is 0 Å². The van der Waals surface area contributed by atoms with Crippen molar-refractivity contribution in [1.29, 1.82) is 0 Å². The molecule has 1 aliphatic heterocycles. The van der Waals surface area contributed by atoms with E-state index in [-0.39, 0.29) is 23.9 Å². The number of fused-ring (bicyclic) bond motifs is 1. The Labute approximate surface area is 204 Å². The number of carbonyl (C=O) groups is 1. The first-order valence-corrected chi connectivity index (χ1v) is 12.8. The Bertz CT molecular complexity index is 1280. The molecule has 0 radical (unpaired) electrons. The van der Waals surface area contributed by atoms with Crippen molar-refractivity contribution in [1.82, 2.24) is 9.21 Å². The molecule has 0 saturated carbocycles. The average Bonchev–Trinajstić information content (AvgIpc) is 2.81. The number of amides is 1. The van der Waals surface area contributed by atoms with Crippen LogP contribution in [0.4, 0.5) is 0 Å². The minimum atomic E-state index is -3.92. The molecule has 0 spiro atoms. The Morgan fingerprint density at radius 1 is 0.970 bits per heavy atom. The van der Waals surface area contributed by atoms with Gasteiger partial charge in [0.05, 0.1) is 21.5 Å². The minimum absolute atomic E-state index is 0.00324. The molecule has 0 N–H and O–H groups in total. The molecule has 4 rings (SSSR count). The third-order valence-corrected chi connectivity index (χ3v) is 8.34. The standard InChI is InChI=1S/C25H24Cl2N2O3S/c1-18-6-9-22(10-7-18)33(31,32)29(15-19-8-11-23(26)24(27)14-19)17-25(30)28-13-12-20-4-2-3-5-21(20)16-28/h2-11,14H,12-13,15-17H2,1H3. The fourth-order valence-corrected chi connectivity index (χ4v) is 5.58. The summed E-state index contributed by atoms with van der Waals surface area (Å²) in [4.78, 5) is 15.1. The maximum absolute atomic E-state index is 13.5. The molecule has 8 heteroatoms. The molecule has 0 fully saturated rings. The molecule has 5 nitrogen and oxygen atoms in total. The van der Waals surface area contributed by atoms with Gasteiger partial charge in [0.1, 0.15) is 0 Å². The predicted octanol–water partition coefficient (Wildman–Crippen LogP) is 5.08. The normalized spacial score (nSPS) is 13.8. The van der Waals surface area contributed by atoms with Gasteiger partial charge in [0.25, 0.3) is 0 Å². The maximum Gasteiger partial charge on any atom is 0.243 e. The van der Waals surface area contributed by atoms with E-state index >= 15 is 0 Å². The highest BCUT2D eigenvalue weighted by Crippen LogP contribution is 2.26. The Morgan fingerprint density at radius 3 is 2.36 bits per heavy atom. The van der Waals surface area contributed by atoms with Crippen LogP contribution in [0.5, 0.6) is 0 Å². The van der Waals surface area contributed by atoms with Gasteiger partial charge in [0.15, 0.2) is 0 Å². The molecule has 0 saturated heterocycles. The van der Waals surface area contributed by atoms with E-state index in [1.807, 2.05) is 25.1 Å². The highest BCUT2D eigenvalue weighted by atomic mass is 35.5. The van der Waals surface area contributed by atoms with Gasteiger partial charge in [-0.3, -0.25) is 4.79 Å². The summed E-state index contributed by atoms with van der Waals surface area (Å²) in [7, 11) is -3.92. The van der Waals surface area contributed by atoms with Gasteiger partial charge in [0.2, 0.25) is 15.9 Å². The second kappa shape index (κ2) is 9.85. The zero-order chi connectivity index (χ0) is 23.6. The Hall–Kier alpha value is -2.38. The summed E-state index contributed by atoms with van der Waals surface area (Å²) < 4.78 is 28.2. The molecule has 0 unspecified atom stereocenters. The number of hydrogen-bond donors (Lipinski definition) is 0. The van der Waals surface area contributed by atoms with Crippen molar-refractivity contribution >= 4 is 39.1 Å². The minimum Gasteiger partial charge on any atom is -0.337 e. The van der Waals surface area contributed by atoms with Gasteiger partial charge in [-0.1, -0.05) is 71.2 Å². The van der Waals surface area contributed by atoms with Crippen molar-refractivity contribution < 1.29 is 13.2 Å². The van der Waals surface area contributed by atoms with E-state index in [0.717, 1.165) is 17.5 Å². The van der Waals surface area contributed by atoms with Crippen molar-refractivity contribution in [3.63, 3.8) is 0 Å². The van der Waals surface area contributed by atoms with E-state index in [9.17, 15) is 13.2 Å². The summed E-state index contributed by atoms with van der Waals surface area (Å²) in [6.07, 6.45) is 0.749. The van der Waals surface area contributed by atoms with Crippen LogP contribution in [0.3, 0.4) is 0 Å². The molecule has 0 atom stereocenters. The summed E-state index contributed by atoms with van der Waals surface area (Å²) in [5.41, 5.74) is 3.92. The van der Waals surface area contributed by atoms with Crippen LogP contribution in [0.2, 0.25) is 10.0 Å². The van der Waals surface area contributed by atoms with Crippen molar-refractivity contribution in [2.75, 3.05) is 13.1 Å². The van der Waals surface area contributed by atoms with E-state index in [1.165, 1.54) is 9.87 Å². The van der Waals surface area contributed by atoms with Crippen LogP contribution in [0.15, 0.2) is 71.6 Å². The van der Waals surface area contributed by atoms with Gasteiger partial charge in [-0.2, -0.15) is 4.31 Å². The molecule has 0 bridgehead atoms. The van der Waals surface area contributed by atoms with Crippen molar-refractivity contribution in [2.45, 2.75) is 31.3 Å². The van der Waals surface area contributed by atoms with E-state index in [0.29, 0.717) is 28.7 Å². The van der Waals surface area contributed by atoms with Crippen LogP contribution >= 0.6 is 23.2 Å². The summed E-state index contributed by atoms with van der Waals surface area (Å²) in [6, 6.07) is 19.6. The van der Waals surface area contributed by atoms with Crippen LogP contribution in [0, 0.1) is 6.92 Å². The van der Waals surface area contributed by atoms with Gasteiger partial charge in [-0.25, -0.2) is 8.42 Å². The highest BCUT2D eigenvalue weighted by molar-refractivity contribution is 7.89. The van der Waals surface area contributed by atoms with Crippen LogP contribution in [-0.4, -0.2) is 36.6 Å². The van der Waals surface area contributed by atoms with Crippen molar-refractivity contribution in [3.8, 4) is 0 Å². The van der Waals surface area contributed by atoms with Gasteiger partial charge < -0.3 is 4.90 Å². The van der Waals surface area contributed by atoms with Crippen LogP contribution in [0.25, 0.3) is 0 Å². The first kappa shape index (κ1) is 23.8. The lowest BCUT2D eigenvalue weighted by Crippen LogP contribution is -2.44. The van der Waals surface area contributed by atoms with E-state index < -0.39 is 10.0 Å². The zero-order valence-electron chi connectivity index (χ0n) is 18.2. The molecule has 3 aromatic rings. The Balaban J connectivity index is 1.61. The molecule has 0 aromatic heterocycles. The number of carbonyl (C=O) groups excluding carboxylic acids is 1. The topological polar surface area (TPSA) is 57.7 Å². The SMILES string of the molecule is Cc1ccc(S(=O)(=O)N(CC(=O)N2CCc3ccccc3C2)Cc2ccc(Cl)c(Cl)c2)cc1. The second-order valence-electron chi connectivity index (χ2n) is 8.17. The Morgan fingerprint density at radius 2 is 1.67 bits per heavy atom. The number of sulfonamides is 1. The number of hydrogen-bond acceptors (Lipinski definition) is 3. The third-order valence-electron chi connectivity index (χ3n) is 5.80.